The van der Waals surface area contributed by atoms with E-state index in [1.54, 1.807) is 6.20 Å². The monoisotopic (exact) mass is 248 g/mol. The number of carbonyl (C=O) groups is 1. The number of nitrogens with zero attached hydrogens (tertiary/aromatic N) is 3. The summed E-state index contributed by atoms with van der Waals surface area (Å²) in [5.41, 5.74) is 7.31. The Bertz CT molecular complexity index is 460. The molecule has 5 heteroatoms. The van der Waals surface area contributed by atoms with Crippen LogP contribution in [0, 0.1) is 6.92 Å². The summed E-state index contributed by atoms with van der Waals surface area (Å²) in [5, 5.41) is 0. The summed E-state index contributed by atoms with van der Waals surface area (Å²) in [6.45, 7) is 4.54. The number of nitrogens with two attached hydrogens (primary N) is 1. The van der Waals surface area contributed by atoms with E-state index in [-0.39, 0.29) is 11.8 Å². The molecule has 0 amide bonds. The van der Waals surface area contributed by atoms with Gasteiger partial charge in [-0.2, -0.15) is 0 Å². The summed E-state index contributed by atoms with van der Waals surface area (Å²) in [6, 6.07) is 1.70. The van der Waals surface area contributed by atoms with E-state index >= 15 is 0 Å². The lowest BCUT2D eigenvalue weighted by Crippen LogP contribution is -2.53. The third kappa shape index (κ3) is 2.52. The molecule has 2 N–H and O–H groups in total. The Balaban J connectivity index is 2.27. The van der Waals surface area contributed by atoms with Gasteiger partial charge in [0.2, 0.25) is 0 Å². The molecule has 5 nitrogen and oxygen atoms in total. The maximum absolute atomic E-state index is 12.5. The molecule has 0 spiro atoms. The number of likely N-dealkylation sites (N-methyl/N-ethyl adjacent to an activating group) is 2. The number of Topliss-reactive ketones (excluding diaryl/α,β-unsaturated/α-hetero) is 1. The van der Waals surface area contributed by atoms with Gasteiger partial charge in [0.25, 0.3) is 0 Å². The minimum Gasteiger partial charge on any atom is -0.383 e. The second-order valence-electron chi connectivity index (χ2n) is 5.07. The molecule has 0 saturated carbocycles. The van der Waals surface area contributed by atoms with Crippen molar-refractivity contribution in [2.45, 2.75) is 13.0 Å². The summed E-state index contributed by atoms with van der Waals surface area (Å²) < 4.78 is 0. The van der Waals surface area contributed by atoms with Crippen LogP contribution in [0.1, 0.15) is 15.9 Å². The van der Waals surface area contributed by atoms with E-state index in [9.17, 15) is 4.79 Å². The minimum absolute atomic E-state index is 0.0674. The van der Waals surface area contributed by atoms with E-state index in [1.165, 1.54) is 0 Å². The van der Waals surface area contributed by atoms with E-state index in [4.69, 9.17) is 5.73 Å². The molecule has 1 fully saturated rings. The lowest BCUT2D eigenvalue weighted by Gasteiger charge is -2.36. The van der Waals surface area contributed by atoms with Crippen molar-refractivity contribution in [3.8, 4) is 0 Å². The van der Waals surface area contributed by atoms with Crippen molar-refractivity contribution in [2.24, 2.45) is 0 Å². The van der Waals surface area contributed by atoms with Gasteiger partial charge in [-0.25, -0.2) is 4.98 Å². The summed E-state index contributed by atoms with van der Waals surface area (Å²) in [5.74, 6) is 0.393. The zero-order valence-corrected chi connectivity index (χ0v) is 11.2. The topological polar surface area (TPSA) is 62.5 Å². The van der Waals surface area contributed by atoms with Crippen molar-refractivity contribution in [1.82, 2.24) is 14.8 Å². The number of piperazine rings is 1. The van der Waals surface area contributed by atoms with Crippen LogP contribution in [0.4, 0.5) is 5.82 Å². The second kappa shape index (κ2) is 5.04. The minimum atomic E-state index is -0.130. The zero-order chi connectivity index (χ0) is 13.3. The highest BCUT2D eigenvalue weighted by Gasteiger charge is 2.30. The Kier molecular flexibility index (Phi) is 3.63. The fraction of sp³-hybridized carbons (Fsp3) is 0.538. The van der Waals surface area contributed by atoms with Crippen LogP contribution in [0.3, 0.4) is 0 Å². The van der Waals surface area contributed by atoms with Crippen molar-refractivity contribution in [3.05, 3.63) is 23.4 Å². The van der Waals surface area contributed by atoms with Gasteiger partial charge in [0.15, 0.2) is 5.78 Å². The number of ketones is 1. The predicted molar refractivity (Wildman–Crippen MR) is 71.6 cm³/mol. The van der Waals surface area contributed by atoms with Crippen LogP contribution in [0.5, 0.6) is 0 Å². The number of nitrogen functional groups attached to an aromatic ring is 1. The van der Waals surface area contributed by atoms with Gasteiger partial charge in [0.05, 0.1) is 11.6 Å². The molecule has 0 radical (unpaired) electrons. The number of hydrogen-bond donors (Lipinski definition) is 1. The van der Waals surface area contributed by atoms with Crippen molar-refractivity contribution >= 4 is 11.6 Å². The first kappa shape index (κ1) is 13.0. The van der Waals surface area contributed by atoms with Crippen LogP contribution in [0.2, 0.25) is 0 Å². The number of hydrogen-bond acceptors (Lipinski definition) is 5. The van der Waals surface area contributed by atoms with Crippen LogP contribution in [0.25, 0.3) is 0 Å². The quantitative estimate of drug-likeness (QED) is 0.768. The molecule has 1 aromatic rings. The van der Waals surface area contributed by atoms with Crippen LogP contribution >= 0.6 is 0 Å². The number of aromatic nitrogens is 1. The van der Waals surface area contributed by atoms with Gasteiger partial charge in [-0.15, -0.1) is 0 Å². The molecule has 1 atom stereocenters. The number of rotatable bonds is 2. The maximum atomic E-state index is 12.5. The molecule has 1 aliphatic heterocycles. The molecule has 1 aliphatic rings. The lowest BCUT2D eigenvalue weighted by atomic mass is 10.0. The third-order valence-electron chi connectivity index (χ3n) is 3.47. The van der Waals surface area contributed by atoms with Crippen molar-refractivity contribution in [2.75, 3.05) is 39.5 Å². The molecule has 1 saturated heterocycles. The van der Waals surface area contributed by atoms with Gasteiger partial charge in [0, 0.05) is 25.8 Å². The third-order valence-corrected chi connectivity index (χ3v) is 3.47. The van der Waals surface area contributed by atoms with Crippen molar-refractivity contribution in [3.63, 3.8) is 0 Å². The summed E-state index contributed by atoms with van der Waals surface area (Å²) in [7, 11) is 4.01. The predicted octanol–water partition coefficient (Wildman–Crippen LogP) is 0.401. The van der Waals surface area contributed by atoms with Gasteiger partial charge in [-0.05, 0) is 32.6 Å². The Hall–Kier alpha value is -1.46. The molecular weight excluding hydrogens is 228 g/mol. The van der Waals surface area contributed by atoms with Crippen LogP contribution in [-0.4, -0.2) is 60.3 Å². The van der Waals surface area contributed by atoms with Crippen molar-refractivity contribution in [1.29, 1.82) is 0 Å². The molecule has 98 valence electrons. The maximum Gasteiger partial charge on any atom is 0.184 e. The van der Waals surface area contributed by atoms with E-state index in [0.29, 0.717) is 11.4 Å². The Morgan fingerprint density at radius 3 is 2.89 bits per heavy atom. The first-order valence-electron chi connectivity index (χ1n) is 6.14. The normalized spacial score (nSPS) is 22.1. The first-order valence-corrected chi connectivity index (χ1v) is 6.14. The van der Waals surface area contributed by atoms with Crippen LogP contribution in [-0.2, 0) is 0 Å². The molecular formula is C13H20N4O. The number of carbonyl (C=O) groups excluding carboxylic acids is 1. The van der Waals surface area contributed by atoms with Gasteiger partial charge in [0.1, 0.15) is 5.82 Å². The van der Waals surface area contributed by atoms with Crippen LogP contribution < -0.4 is 5.73 Å². The van der Waals surface area contributed by atoms with Crippen LogP contribution in [0.15, 0.2) is 12.3 Å². The molecule has 2 heterocycles. The molecule has 2 rings (SSSR count). The molecule has 1 aromatic heterocycles. The largest absolute Gasteiger partial charge is 0.383 e. The number of aryl methyl sites for hydroxylation is 1. The summed E-state index contributed by atoms with van der Waals surface area (Å²) in [6.07, 6.45) is 1.68. The lowest BCUT2D eigenvalue weighted by molar-refractivity contribution is 0.0687. The van der Waals surface area contributed by atoms with Gasteiger partial charge in [-0.1, -0.05) is 0 Å². The fourth-order valence-corrected chi connectivity index (χ4v) is 2.25. The first-order chi connectivity index (χ1) is 8.49. The highest BCUT2D eigenvalue weighted by molar-refractivity contribution is 6.03. The highest BCUT2D eigenvalue weighted by atomic mass is 16.1. The SMILES string of the molecule is Cc1cnc(N)c(C(=O)C2CN(C)CCN2C)c1. The summed E-state index contributed by atoms with van der Waals surface area (Å²) >= 11 is 0. The molecule has 0 aromatic carbocycles. The van der Waals surface area contributed by atoms with Gasteiger partial charge in [-0.3, -0.25) is 9.69 Å². The number of pyridine rings is 1. The van der Waals surface area contributed by atoms with Gasteiger partial charge >= 0.3 is 0 Å². The Morgan fingerprint density at radius 2 is 2.17 bits per heavy atom. The average molecular weight is 248 g/mol. The van der Waals surface area contributed by atoms with E-state index < -0.39 is 0 Å². The number of anilines is 1. The molecule has 18 heavy (non-hydrogen) atoms. The standard InChI is InChI=1S/C13H20N4O/c1-9-6-10(13(14)15-7-9)12(18)11-8-16(2)4-5-17(11)3/h6-7,11H,4-5,8H2,1-3H3,(H2,14,15). The molecule has 1 unspecified atom stereocenters. The van der Waals surface area contributed by atoms with E-state index in [2.05, 4.69) is 14.8 Å². The Morgan fingerprint density at radius 1 is 1.44 bits per heavy atom. The second-order valence-corrected chi connectivity index (χ2v) is 5.07. The zero-order valence-electron chi connectivity index (χ0n) is 11.2. The van der Waals surface area contributed by atoms with Gasteiger partial charge < -0.3 is 10.6 Å². The summed E-state index contributed by atoms with van der Waals surface area (Å²) in [4.78, 5) is 20.9. The van der Waals surface area contributed by atoms with Crippen molar-refractivity contribution < 1.29 is 4.79 Å². The van der Waals surface area contributed by atoms with E-state index in [1.807, 2.05) is 27.1 Å². The fourth-order valence-electron chi connectivity index (χ4n) is 2.25. The molecule has 0 bridgehead atoms. The molecule has 0 aliphatic carbocycles. The highest BCUT2D eigenvalue weighted by Crippen LogP contribution is 2.17. The van der Waals surface area contributed by atoms with E-state index in [0.717, 1.165) is 25.2 Å². The average Bonchev–Trinajstić information content (AvgIpc) is 2.34. The smallest absolute Gasteiger partial charge is 0.184 e. The Labute approximate surface area is 108 Å².